The number of ether oxygens (including phenoxy) is 2. The van der Waals surface area contributed by atoms with Crippen LogP contribution < -0.4 is 19.6 Å². The number of anilines is 1. The minimum absolute atomic E-state index is 0.0358. The molecule has 1 aliphatic rings. The summed E-state index contributed by atoms with van der Waals surface area (Å²) in [4.78, 5) is 17.3. The lowest BCUT2D eigenvalue weighted by molar-refractivity contribution is -0.118. The van der Waals surface area contributed by atoms with E-state index in [2.05, 4.69) is 19.2 Å². The van der Waals surface area contributed by atoms with Crippen LogP contribution in [-0.4, -0.2) is 36.1 Å². The summed E-state index contributed by atoms with van der Waals surface area (Å²) in [6.45, 7) is 9.20. The van der Waals surface area contributed by atoms with Gasteiger partial charge in [0, 0.05) is 17.0 Å². The number of benzene rings is 2. The van der Waals surface area contributed by atoms with Crippen molar-refractivity contribution in [3.63, 3.8) is 0 Å². The van der Waals surface area contributed by atoms with Crippen molar-refractivity contribution in [3.8, 4) is 22.8 Å². The fraction of sp³-hybridized carbons (Fsp3) is 0.346. The molecule has 0 saturated heterocycles. The van der Waals surface area contributed by atoms with Gasteiger partial charge < -0.3 is 14.8 Å². The van der Waals surface area contributed by atoms with Gasteiger partial charge in [0.05, 0.1) is 24.2 Å². The molecule has 0 fully saturated rings. The SMILES string of the molecule is CC(C)CCOc1ccc(C=Nn2c(-c3ccc4c(c3)NC(=O)CO4)csc2=NC(C)C)cc1. The Bertz CT molecular complexity index is 1240. The molecule has 2 aromatic carbocycles. The van der Waals surface area contributed by atoms with Gasteiger partial charge in [0.15, 0.2) is 6.61 Å². The standard InChI is InChI=1S/C26H30N4O3S/c1-17(2)11-12-32-21-8-5-19(6-9-21)14-27-30-23(16-34-26(30)28-18(3)4)20-7-10-24-22(13-20)29-25(31)15-33-24/h5-10,13-14,16-18H,11-12,15H2,1-4H3,(H,29,31). The summed E-state index contributed by atoms with van der Waals surface area (Å²) in [5.41, 5.74) is 3.42. The summed E-state index contributed by atoms with van der Waals surface area (Å²) >= 11 is 1.53. The van der Waals surface area contributed by atoms with E-state index in [1.165, 1.54) is 11.3 Å². The molecule has 1 aromatic heterocycles. The first-order chi connectivity index (χ1) is 16.4. The highest BCUT2D eigenvalue weighted by atomic mass is 32.1. The third kappa shape index (κ3) is 5.94. The first-order valence-electron chi connectivity index (χ1n) is 11.5. The van der Waals surface area contributed by atoms with E-state index in [9.17, 15) is 4.79 Å². The first kappa shape index (κ1) is 23.8. The minimum atomic E-state index is -0.159. The molecule has 1 N–H and O–H groups in total. The van der Waals surface area contributed by atoms with Crippen LogP contribution in [0.4, 0.5) is 5.69 Å². The molecule has 178 valence electrons. The molecule has 0 radical (unpaired) electrons. The molecule has 34 heavy (non-hydrogen) atoms. The molecule has 1 aliphatic heterocycles. The van der Waals surface area contributed by atoms with Crippen molar-refractivity contribution < 1.29 is 14.3 Å². The predicted molar refractivity (Wildman–Crippen MR) is 137 cm³/mol. The van der Waals surface area contributed by atoms with Crippen LogP contribution in [-0.2, 0) is 4.79 Å². The van der Waals surface area contributed by atoms with Crippen molar-refractivity contribution in [3.05, 3.63) is 58.2 Å². The average Bonchev–Trinajstić information content (AvgIpc) is 3.19. The van der Waals surface area contributed by atoms with Crippen LogP contribution in [0, 0.1) is 5.92 Å². The van der Waals surface area contributed by atoms with E-state index in [1.54, 1.807) is 0 Å². The van der Waals surface area contributed by atoms with Crippen molar-refractivity contribution in [1.29, 1.82) is 0 Å². The van der Waals surface area contributed by atoms with E-state index in [0.717, 1.165) is 33.8 Å². The van der Waals surface area contributed by atoms with Crippen LogP contribution in [0.5, 0.6) is 11.5 Å². The van der Waals surface area contributed by atoms with E-state index < -0.39 is 0 Å². The molecule has 7 nitrogen and oxygen atoms in total. The van der Waals surface area contributed by atoms with Crippen LogP contribution in [0.3, 0.4) is 0 Å². The van der Waals surface area contributed by atoms with Crippen LogP contribution in [0.2, 0.25) is 0 Å². The molecular formula is C26H30N4O3S. The maximum atomic E-state index is 11.8. The number of hydrogen-bond donors (Lipinski definition) is 1. The second kappa shape index (κ2) is 10.7. The zero-order valence-corrected chi connectivity index (χ0v) is 20.8. The molecule has 2 heterocycles. The van der Waals surface area contributed by atoms with Gasteiger partial charge in [-0.3, -0.25) is 9.79 Å². The van der Waals surface area contributed by atoms with Gasteiger partial charge in [0.1, 0.15) is 11.5 Å². The van der Waals surface area contributed by atoms with Gasteiger partial charge in [-0.2, -0.15) is 5.10 Å². The van der Waals surface area contributed by atoms with E-state index in [-0.39, 0.29) is 18.6 Å². The molecule has 0 saturated carbocycles. The Morgan fingerprint density at radius 3 is 2.71 bits per heavy atom. The lowest BCUT2D eigenvalue weighted by atomic mass is 10.1. The number of rotatable bonds is 8. The maximum absolute atomic E-state index is 11.8. The van der Waals surface area contributed by atoms with Crippen molar-refractivity contribution in [1.82, 2.24) is 4.68 Å². The Balaban J connectivity index is 1.61. The predicted octanol–water partition coefficient (Wildman–Crippen LogP) is 5.16. The molecule has 0 atom stereocenters. The van der Waals surface area contributed by atoms with Gasteiger partial charge in [-0.05, 0) is 74.2 Å². The van der Waals surface area contributed by atoms with E-state index in [4.69, 9.17) is 19.6 Å². The monoisotopic (exact) mass is 478 g/mol. The summed E-state index contributed by atoms with van der Waals surface area (Å²) in [7, 11) is 0. The number of carbonyl (C=O) groups is 1. The molecular weight excluding hydrogens is 448 g/mol. The molecule has 3 aromatic rings. The third-order valence-electron chi connectivity index (χ3n) is 5.13. The Labute approximate surface area is 203 Å². The van der Waals surface area contributed by atoms with Gasteiger partial charge in [0.2, 0.25) is 4.80 Å². The average molecular weight is 479 g/mol. The van der Waals surface area contributed by atoms with Gasteiger partial charge in [-0.15, -0.1) is 11.3 Å². The normalized spacial score (nSPS) is 13.9. The number of nitrogens with one attached hydrogen (secondary N) is 1. The minimum Gasteiger partial charge on any atom is -0.494 e. The smallest absolute Gasteiger partial charge is 0.262 e. The summed E-state index contributed by atoms with van der Waals surface area (Å²) in [5.74, 6) is 1.98. The van der Waals surface area contributed by atoms with Gasteiger partial charge in [-0.25, -0.2) is 4.68 Å². The second-order valence-electron chi connectivity index (χ2n) is 8.83. The van der Waals surface area contributed by atoms with Crippen molar-refractivity contribution in [2.75, 3.05) is 18.5 Å². The van der Waals surface area contributed by atoms with E-state index in [1.807, 2.05) is 72.6 Å². The molecule has 8 heteroatoms. The lowest BCUT2D eigenvalue weighted by Gasteiger charge is -2.18. The Hall–Kier alpha value is -3.39. The summed E-state index contributed by atoms with van der Waals surface area (Å²) in [6, 6.07) is 13.8. The third-order valence-corrected chi connectivity index (χ3v) is 5.96. The summed E-state index contributed by atoms with van der Waals surface area (Å²) < 4.78 is 13.1. The first-order valence-corrected chi connectivity index (χ1v) is 12.4. The molecule has 0 aliphatic carbocycles. The fourth-order valence-electron chi connectivity index (χ4n) is 3.35. The molecule has 1 amide bonds. The number of aromatic nitrogens is 1. The number of thiazole rings is 1. The van der Waals surface area contributed by atoms with Gasteiger partial charge in [0.25, 0.3) is 5.91 Å². The number of amides is 1. The van der Waals surface area contributed by atoms with E-state index in [0.29, 0.717) is 24.0 Å². The quantitative estimate of drug-likeness (QED) is 0.454. The van der Waals surface area contributed by atoms with Gasteiger partial charge >= 0.3 is 0 Å². The summed E-state index contributed by atoms with van der Waals surface area (Å²) in [5, 5.41) is 9.65. The topological polar surface area (TPSA) is 77.2 Å². The van der Waals surface area contributed by atoms with E-state index >= 15 is 0 Å². The van der Waals surface area contributed by atoms with Crippen molar-refractivity contribution in [2.24, 2.45) is 16.0 Å². The molecule has 0 spiro atoms. The molecule has 4 rings (SSSR count). The Morgan fingerprint density at radius 2 is 1.97 bits per heavy atom. The summed E-state index contributed by atoms with van der Waals surface area (Å²) in [6.07, 6.45) is 2.85. The van der Waals surface area contributed by atoms with Crippen LogP contribution >= 0.6 is 11.3 Å². The Kier molecular flexibility index (Phi) is 7.47. The van der Waals surface area contributed by atoms with Crippen LogP contribution in [0.15, 0.2) is 57.9 Å². The van der Waals surface area contributed by atoms with Crippen LogP contribution in [0.1, 0.15) is 39.7 Å². The largest absolute Gasteiger partial charge is 0.494 e. The van der Waals surface area contributed by atoms with Crippen molar-refractivity contribution >= 4 is 29.1 Å². The highest BCUT2D eigenvalue weighted by Crippen LogP contribution is 2.33. The van der Waals surface area contributed by atoms with Gasteiger partial charge in [-0.1, -0.05) is 13.8 Å². The second-order valence-corrected chi connectivity index (χ2v) is 9.67. The van der Waals surface area contributed by atoms with Crippen LogP contribution in [0.25, 0.3) is 11.3 Å². The number of nitrogens with zero attached hydrogens (tertiary/aromatic N) is 3. The highest BCUT2D eigenvalue weighted by Gasteiger charge is 2.18. The zero-order valence-electron chi connectivity index (χ0n) is 19.9. The van der Waals surface area contributed by atoms with Crippen molar-refractivity contribution in [2.45, 2.75) is 40.2 Å². The lowest BCUT2D eigenvalue weighted by Crippen LogP contribution is -2.25. The number of fused-ring (bicyclic) bond motifs is 1. The maximum Gasteiger partial charge on any atom is 0.262 e. The Morgan fingerprint density at radius 1 is 1.18 bits per heavy atom. The fourth-order valence-corrected chi connectivity index (χ4v) is 4.32. The highest BCUT2D eigenvalue weighted by molar-refractivity contribution is 7.07. The number of hydrogen-bond acceptors (Lipinski definition) is 6. The zero-order chi connectivity index (χ0) is 24.1. The number of carbonyl (C=O) groups excluding carboxylic acids is 1. The molecule has 0 bridgehead atoms. The molecule has 0 unspecified atom stereocenters.